The molecule has 0 radical (unpaired) electrons. The first-order valence-electron chi connectivity index (χ1n) is 12.0. The van der Waals surface area contributed by atoms with Crippen molar-refractivity contribution in [1.29, 1.82) is 0 Å². The molecule has 4 heterocycles. The lowest BCUT2D eigenvalue weighted by atomic mass is 9.87. The van der Waals surface area contributed by atoms with E-state index in [0.29, 0.717) is 37.2 Å². The van der Waals surface area contributed by atoms with Crippen LogP contribution in [0.5, 0.6) is 0 Å². The number of benzene rings is 1. The van der Waals surface area contributed by atoms with E-state index in [9.17, 15) is 13.6 Å². The highest BCUT2D eigenvalue weighted by Gasteiger charge is 2.48. The van der Waals surface area contributed by atoms with Crippen LogP contribution in [0.25, 0.3) is 11.1 Å². The molecule has 0 saturated heterocycles. The number of nitrogens with zero attached hydrogens (tertiary/aromatic N) is 7. The van der Waals surface area contributed by atoms with E-state index in [1.807, 2.05) is 39.9 Å². The lowest BCUT2D eigenvalue weighted by molar-refractivity contribution is -0.112. The molecule has 0 spiro atoms. The van der Waals surface area contributed by atoms with Crippen LogP contribution in [0.3, 0.4) is 0 Å². The number of fused-ring (bicyclic) bond motifs is 1. The first-order chi connectivity index (χ1) is 17.8. The predicted molar refractivity (Wildman–Crippen MR) is 133 cm³/mol. The monoisotopic (exact) mass is 505 g/mol. The van der Waals surface area contributed by atoms with Gasteiger partial charge in [-0.3, -0.25) is 9.89 Å². The fraction of sp³-hybridized carbons (Fsp3) is 0.320. The third kappa shape index (κ3) is 4.61. The number of aromatic nitrogens is 6. The van der Waals surface area contributed by atoms with Gasteiger partial charge in [-0.15, -0.1) is 0 Å². The second-order valence-corrected chi connectivity index (χ2v) is 9.42. The molecule has 1 aromatic carbocycles. The van der Waals surface area contributed by atoms with E-state index in [1.165, 1.54) is 4.90 Å². The number of amides is 1. The van der Waals surface area contributed by atoms with Crippen molar-refractivity contribution in [3.8, 4) is 11.1 Å². The predicted octanol–water partition coefficient (Wildman–Crippen LogP) is 3.70. The van der Waals surface area contributed by atoms with E-state index < -0.39 is 12.0 Å². The van der Waals surface area contributed by atoms with Gasteiger partial charge in [0.15, 0.2) is 0 Å². The quantitative estimate of drug-likeness (QED) is 0.411. The Kier molecular flexibility index (Phi) is 5.58. The van der Waals surface area contributed by atoms with Gasteiger partial charge in [-0.05, 0) is 23.8 Å². The van der Waals surface area contributed by atoms with E-state index in [2.05, 4.69) is 30.5 Å². The van der Waals surface area contributed by atoms with Crippen LogP contribution in [0.4, 0.5) is 26.2 Å². The van der Waals surface area contributed by atoms with Gasteiger partial charge in [0.2, 0.25) is 5.95 Å². The highest BCUT2D eigenvalue weighted by molar-refractivity contribution is 5.92. The van der Waals surface area contributed by atoms with Crippen LogP contribution < -0.4 is 10.2 Å². The maximum absolute atomic E-state index is 13.2. The molecule has 1 fully saturated rings. The second-order valence-electron chi connectivity index (χ2n) is 9.42. The van der Waals surface area contributed by atoms with Crippen LogP contribution >= 0.6 is 0 Å². The minimum Gasteiger partial charge on any atom is -0.340 e. The Morgan fingerprint density at radius 2 is 1.95 bits per heavy atom. The van der Waals surface area contributed by atoms with Crippen LogP contribution in [-0.2, 0) is 13.1 Å². The smallest absolute Gasteiger partial charge is 0.274 e. The van der Waals surface area contributed by atoms with Gasteiger partial charge in [0.05, 0.1) is 12.7 Å². The summed E-state index contributed by atoms with van der Waals surface area (Å²) in [6.45, 7) is 1.68. The van der Waals surface area contributed by atoms with Crippen molar-refractivity contribution in [3.63, 3.8) is 0 Å². The van der Waals surface area contributed by atoms with Crippen LogP contribution in [0.1, 0.15) is 29.2 Å². The number of anilines is 3. The Morgan fingerprint density at radius 3 is 2.68 bits per heavy atom. The molecule has 190 valence electrons. The fourth-order valence-corrected chi connectivity index (χ4v) is 4.65. The number of H-pyrrole nitrogens is 1. The number of carbonyl (C=O) groups is 1. The summed E-state index contributed by atoms with van der Waals surface area (Å²) in [5.41, 5.74) is 3.23. The normalized spacial score (nSPS) is 16.7. The number of carbonyl (C=O) groups excluding carboxylic acids is 1. The van der Waals surface area contributed by atoms with E-state index >= 15 is 0 Å². The van der Waals surface area contributed by atoms with Gasteiger partial charge in [0, 0.05) is 68.9 Å². The van der Waals surface area contributed by atoms with Gasteiger partial charge in [0.1, 0.15) is 17.3 Å². The zero-order chi connectivity index (χ0) is 25.6. The molecule has 6 rings (SSSR count). The van der Waals surface area contributed by atoms with Gasteiger partial charge >= 0.3 is 0 Å². The maximum atomic E-state index is 13.2. The molecule has 1 amide bonds. The summed E-state index contributed by atoms with van der Waals surface area (Å²) in [5, 5.41) is 10.1. The van der Waals surface area contributed by atoms with Crippen LogP contribution in [0.15, 0.2) is 55.1 Å². The van der Waals surface area contributed by atoms with E-state index in [0.717, 1.165) is 16.8 Å². The van der Waals surface area contributed by atoms with E-state index in [-0.39, 0.29) is 24.4 Å². The molecule has 37 heavy (non-hydrogen) atoms. The van der Waals surface area contributed by atoms with E-state index in [1.54, 1.807) is 31.7 Å². The maximum Gasteiger partial charge on any atom is 0.274 e. The number of hydrogen-bond acceptors (Lipinski definition) is 7. The topological polar surface area (TPSA) is 108 Å². The standard InChI is InChI=1S/C25H25F2N9O/c1-34(19-10-25(26,27)11-19)23(37)20-14-35-8-9-36(15-22(35)32-20)24-28-7-6-21(33-24)31-18-4-2-16(3-5-18)17-12-29-30-13-17/h2-7,12-14,19H,8-11,15H2,1H3,(H,29,30)(H,28,31,33). The number of alkyl halides is 2. The summed E-state index contributed by atoms with van der Waals surface area (Å²) in [6, 6.07) is 9.31. The van der Waals surface area contributed by atoms with Crippen molar-refractivity contribution in [3.05, 3.63) is 66.6 Å². The average molecular weight is 506 g/mol. The molecule has 3 aromatic heterocycles. The van der Waals surface area contributed by atoms with Crippen molar-refractivity contribution in [2.75, 3.05) is 23.8 Å². The lowest BCUT2D eigenvalue weighted by Gasteiger charge is -2.40. The number of imidazole rings is 1. The lowest BCUT2D eigenvalue weighted by Crippen LogP contribution is -2.51. The molecule has 12 heteroatoms. The molecule has 1 aliphatic carbocycles. The highest BCUT2D eigenvalue weighted by Crippen LogP contribution is 2.40. The first kappa shape index (κ1) is 23.1. The van der Waals surface area contributed by atoms with Crippen LogP contribution in [0, 0.1) is 0 Å². The first-order valence-corrected chi connectivity index (χ1v) is 12.0. The summed E-state index contributed by atoms with van der Waals surface area (Å²) in [4.78, 5) is 29.8. The summed E-state index contributed by atoms with van der Waals surface area (Å²) >= 11 is 0. The minimum absolute atomic E-state index is 0.268. The summed E-state index contributed by atoms with van der Waals surface area (Å²) in [6.07, 6.45) is 6.42. The number of aromatic amines is 1. The highest BCUT2D eigenvalue weighted by atomic mass is 19.3. The summed E-state index contributed by atoms with van der Waals surface area (Å²) < 4.78 is 28.4. The Balaban J connectivity index is 1.12. The third-order valence-corrected chi connectivity index (χ3v) is 6.87. The molecule has 2 N–H and O–H groups in total. The van der Waals surface area contributed by atoms with Crippen LogP contribution in [0.2, 0.25) is 0 Å². The van der Waals surface area contributed by atoms with Gasteiger partial charge in [-0.25, -0.2) is 18.7 Å². The molecule has 2 aliphatic rings. The number of nitrogens with one attached hydrogen (secondary N) is 2. The molecular formula is C25H25F2N9O. The zero-order valence-electron chi connectivity index (χ0n) is 20.1. The SMILES string of the molecule is CN(C(=O)c1cn2c(n1)CN(c1nccc(Nc3ccc(-c4cn[nH]c4)cc3)n1)CC2)C1CC(F)(F)C1. The van der Waals surface area contributed by atoms with Crippen molar-refractivity contribution in [2.24, 2.45) is 0 Å². The molecule has 0 atom stereocenters. The second kappa shape index (κ2) is 8.95. The Bertz CT molecular complexity index is 1410. The van der Waals surface area contributed by atoms with E-state index in [4.69, 9.17) is 0 Å². The average Bonchev–Trinajstić information content (AvgIpc) is 3.57. The van der Waals surface area contributed by atoms with Gasteiger partial charge < -0.3 is 19.7 Å². The van der Waals surface area contributed by atoms with Gasteiger partial charge in [0.25, 0.3) is 11.8 Å². The van der Waals surface area contributed by atoms with Crippen molar-refractivity contribution in [2.45, 2.75) is 37.9 Å². The Morgan fingerprint density at radius 1 is 1.14 bits per heavy atom. The number of halogens is 2. The number of hydrogen-bond donors (Lipinski definition) is 2. The number of rotatable bonds is 6. The summed E-state index contributed by atoms with van der Waals surface area (Å²) in [5.74, 6) is -1.10. The summed E-state index contributed by atoms with van der Waals surface area (Å²) in [7, 11) is 1.56. The fourth-order valence-electron chi connectivity index (χ4n) is 4.65. The van der Waals surface area contributed by atoms with Crippen molar-refractivity contribution in [1.82, 2.24) is 34.6 Å². The molecule has 4 aromatic rings. The van der Waals surface area contributed by atoms with Crippen LogP contribution in [-0.4, -0.2) is 66.1 Å². The third-order valence-electron chi connectivity index (χ3n) is 6.87. The molecule has 0 bridgehead atoms. The minimum atomic E-state index is -2.68. The molecule has 10 nitrogen and oxygen atoms in total. The van der Waals surface area contributed by atoms with Gasteiger partial charge in [-0.1, -0.05) is 12.1 Å². The Labute approximate surface area is 211 Å². The van der Waals surface area contributed by atoms with Crippen molar-refractivity contribution < 1.29 is 13.6 Å². The largest absolute Gasteiger partial charge is 0.340 e. The molecule has 0 unspecified atom stereocenters. The molecule has 1 aliphatic heterocycles. The molecule has 1 saturated carbocycles. The van der Waals surface area contributed by atoms with Crippen molar-refractivity contribution >= 4 is 23.4 Å². The zero-order valence-corrected chi connectivity index (χ0v) is 20.1. The van der Waals surface area contributed by atoms with Gasteiger partial charge in [-0.2, -0.15) is 10.1 Å². The Hall–Kier alpha value is -4.35. The molecular weight excluding hydrogens is 480 g/mol.